The average Bonchev–Trinajstić information content (AvgIpc) is 3.87. The van der Waals surface area contributed by atoms with Crippen molar-refractivity contribution in [1.29, 1.82) is 0 Å². The van der Waals surface area contributed by atoms with E-state index in [0.29, 0.717) is 0 Å². The Morgan fingerprint density at radius 1 is 0.429 bits per heavy atom. The van der Waals surface area contributed by atoms with E-state index < -0.39 is 0 Å². The van der Waals surface area contributed by atoms with E-state index in [4.69, 9.17) is 15.1 Å². The van der Waals surface area contributed by atoms with Crippen molar-refractivity contribution in [2.75, 3.05) is 0 Å². The summed E-state index contributed by atoms with van der Waals surface area (Å²) in [5.74, 6) is 0.717. The number of hydrogen-bond acceptors (Lipinski definition) is 4. The van der Waals surface area contributed by atoms with Crippen LogP contribution in [0.25, 0.3) is 104 Å². The zero-order chi connectivity index (χ0) is 37.0. The molecule has 11 rings (SSSR count). The number of aromatic nitrogens is 4. The Kier molecular flexibility index (Phi) is 7.64. The molecule has 4 heterocycles. The van der Waals surface area contributed by atoms with Crippen LogP contribution in [0.3, 0.4) is 0 Å². The van der Waals surface area contributed by atoms with Gasteiger partial charge in [-0.25, -0.2) is 14.5 Å². The third-order valence-electron chi connectivity index (χ3n) is 10.6. The highest BCUT2D eigenvalue weighted by atomic mass is 32.1. The molecule has 4 nitrogen and oxygen atoms in total. The molecule has 0 amide bonds. The van der Waals surface area contributed by atoms with Gasteiger partial charge < -0.3 is 0 Å². The molecule has 0 saturated heterocycles. The molecule has 0 aliphatic heterocycles. The fourth-order valence-electron chi connectivity index (χ4n) is 7.98. The summed E-state index contributed by atoms with van der Waals surface area (Å²) in [4.78, 5) is 10.5. The highest BCUT2D eigenvalue weighted by molar-refractivity contribution is 7.26. The van der Waals surface area contributed by atoms with Gasteiger partial charge in [-0.15, -0.1) is 11.3 Å². The van der Waals surface area contributed by atoms with E-state index in [9.17, 15) is 0 Å². The number of thiophene rings is 1. The number of pyridine rings is 1. The van der Waals surface area contributed by atoms with Crippen LogP contribution in [0, 0.1) is 0 Å². The molecule has 0 saturated carbocycles. The Balaban J connectivity index is 1.10. The highest BCUT2D eigenvalue weighted by Gasteiger charge is 2.22. The van der Waals surface area contributed by atoms with Crippen molar-refractivity contribution in [3.8, 4) is 67.5 Å². The third-order valence-corrected chi connectivity index (χ3v) is 11.9. The number of nitrogens with zero attached hydrogens (tertiary/aromatic N) is 4. The van der Waals surface area contributed by atoms with Gasteiger partial charge in [0.15, 0.2) is 5.82 Å². The van der Waals surface area contributed by atoms with Gasteiger partial charge in [0.25, 0.3) is 0 Å². The molecule has 11 aromatic rings. The molecule has 0 radical (unpaired) electrons. The molecule has 262 valence electrons. The largest absolute Gasteiger partial charge is 0.231 e. The van der Waals surface area contributed by atoms with Crippen molar-refractivity contribution in [3.05, 3.63) is 194 Å². The van der Waals surface area contributed by atoms with Crippen LogP contribution in [0.15, 0.2) is 194 Å². The minimum atomic E-state index is 0.717. The zero-order valence-corrected chi connectivity index (χ0v) is 31.0. The van der Waals surface area contributed by atoms with Crippen LogP contribution < -0.4 is 0 Å². The molecule has 0 fully saturated rings. The summed E-state index contributed by atoms with van der Waals surface area (Å²) >= 11 is 1.80. The fourth-order valence-corrected chi connectivity index (χ4v) is 9.19. The van der Waals surface area contributed by atoms with E-state index in [0.717, 1.165) is 78.4 Å². The van der Waals surface area contributed by atoms with Crippen molar-refractivity contribution in [3.63, 3.8) is 0 Å². The Labute approximate surface area is 327 Å². The standard InChI is InChI=1S/C51H32N4S/c1-4-15-33(16-5-1)43-32-44(53-51(52-43)42-25-14-24-41-40-23-12-13-26-46(40)56-50(41)42)34-27-29-37(30-28-34)48-47(36-19-8-3-9-20-36)49-39-22-11-10-21-38(39)31-45(55(49)54-48)35-17-6-2-7-18-35/h1-32H. The van der Waals surface area contributed by atoms with Crippen molar-refractivity contribution in [2.45, 2.75) is 0 Å². The second kappa shape index (κ2) is 13.3. The van der Waals surface area contributed by atoms with E-state index >= 15 is 0 Å². The molecule has 0 aliphatic rings. The highest BCUT2D eigenvalue weighted by Crippen LogP contribution is 2.42. The summed E-state index contributed by atoms with van der Waals surface area (Å²) in [6.07, 6.45) is 0. The molecule has 0 atom stereocenters. The molecule has 0 bridgehead atoms. The van der Waals surface area contributed by atoms with Gasteiger partial charge in [0, 0.05) is 58.9 Å². The van der Waals surface area contributed by atoms with Crippen molar-refractivity contribution < 1.29 is 0 Å². The summed E-state index contributed by atoms with van der Waals surface area (Å²) in [6, 6.07) is 68.3. The maximum atomic E-state index is 5.43. The van der Waals surface area contributed by atoms with Crippen LogP contribution in [-0.2, 0) is 0 Å². The van der Waals surface area contributed by atoms with Crippen LogP contribution in [0.5, 0.6) is 0 Å². The van der Waals surface area contributed by atoms with Crippen LogP contribution in [-0.4, -0.2) is 19.6 Å². The van der Waals surface area contributed by atoms with Gasteiger partial charge in [-0.1, -0.05) is 170 Å². The lowest BCUT2D eigenvalue weighted by Crippen LogP contribution is -1.96. The van der Waals surface area contributed by atoms with Crippen LogP contribution in [0.1, 0.15) is 0 Å². The van der Waals surface area contributed by atoms with E-state index in [2.05, 4.69) is 193 Å². The quantitative estimate of drug-likeness (QED) is 0.171. The first-order valence-corrected chi connectivity index (χ1v) is 19.6. The fraction of sp³-hybridized carbons (Fsp3) is 0. The minimum absolute atomic E-state index is 0.717. The number of fused-ring (bicyclic) bond motifs is 6. The second-order valence-corrected chi connectivity index (χ2v) is 15.1. The number of rotatable bonds is 6. The maximum Gasteiger partial charge on any atom is 0.161 e. The predicted octanol–water partition coefficient (Wildman–Crippen LogP) is 13.6. The maximum absolute atomic E-state index is 5.43. The molecule has 0 unspecified atom stereocenters. The number of hydrogen-bond donors (Lipinski definition) is 0. The molecule has 4 aromatic heterocycles. The molecule has 0 spiro atoms. The molecular weight excluding hydrogens is 701 g/mol. The lowest BCUT2D eigenvalue weighted by atomic mass is 9.96. The monoisotopic (exact) mass is 732 g/mol. The normalized spacial score (nSPS) is 11.6. The van der Waals surface area contributed by atoms with E-state index in [1.807, 2.05) is 6.07 Å². The van der Waals surface area contributed by atoms with Gasteiger partial charge >= 0.3 is 0 Å². The first-order valence-electron chi connectivity index (χ1n) is 18.8. The Morgan fingerprint density at radius 3 is 1.73 bits per heavy atom. The van der Waals surface area contributed by atoms with Gasteiger partial charge in [0.1, 0.15) is 5.69 Å². The summed E-state index contributed by atoms with van der Waals surface area (Å²) in [5, 5.41) is 10.3. The zero-order valence-electron chi connectivity index (χ0n) is 30.2. The lowest BCUT2D eigenvalue weighted by molar-refractivity contribution is 0.979. The van der Waals surface area contributed by atoms with Crippen molar-refractivity contribution >= 4 is 47.8 Å². The molecular formula is C51H32N4S. The van der Waals surface area contributed by atoms with E-state index in [1.165, 1.54) is 25.6 Å². The Morgan fingerprint density at radius 2 is 1.00 bits per heavy atom. The van der Waals surface area contributed by atoms with Gasteiger partial charge in [-0.05, 0) is 35.2 Å². The molecule has 0 aliphatic carbocycles. The van der Waals surface area contributed by atoms with Crippen molar-refractivity contribution in [2.24, 2.45) is 0 Å². The van der Waals surface area contributed by atoms with Gasteiger partial charge in [0.05, 0.1) is 22.6 Å². The second-order valence-electron chi connectivity index (χ2n) is 14.0. The van der Waals surface area contributed by atoms with E-state index in [1.54, 1.807) is 11.3 Å². The minimum Gasteiger partial charge on any atom is -0.231 e. The van der Waals surface area contributed by atoms with Crippen molar-refractivity contribution in [1.82, 2.24) is 19.6 Å². The van der Waals surface area contributed by atoms with Gasteiger partial charge in [-0.3, -0.25) is 0 Å². The van der Waals surface area contributed by atoms with Crippen LogP contribution in [0.2, 0.25) is 0 Å². The Bertz CT molecular complexity index is 3220. The average molecular weight is 733 g/mol. The molecule has 5 heteroatoms. The lowest BCUT2D eigenvalue weighted by Gasteiger charge is -2.11. The SMILES string of the molecule is c1ccc(-c2cc(-c3ccc(-c4nn5c(-c6ccccc6)cc6ccccc6c5c4-c4ccccc4)cc3)nc(-c3cccc4c3sc3ccccc34)n2)cc1. The molecule has 7 aromatic carbocycles. The predicted molar refractivity (Wildman–Crippen MR) is 234 cm³/mol. The summed E-state index contributed by atoms with van der Waals surface area (Å²) in [6.45, 7) is 0. The summed E-state index contributed by atoms with van der Waals surface area (Å²) < 4.78 is 4.60. The van der Waals surface area contributed by atoms with Crippen LogP contribution >= 0.6 is 11.3 Å². The third kappa shape index (κ3) is 5.40. The molecule has 56 heavy (non-hydrogen) atoms. The van der Waals surface area contributed by atoms with E-state index in [-0.39, 0.29) is 0 Å². The smallest absolute Gasteiger partial charge is 0.161 e. The summed E-state index contributed by atoms with van der Waals surface area (Å²) in [5.41, 5.74) is 12.3. The topological polar surface area (TPSA) is 43.1 Å². The van der Waals surface area contributed by atoms with Crippen LogP contribution in [0.4, 0.5) is 0 Å². The molecule has 0 N–H and O–H groups in total. The summed E-state index contributed by atoms with van der Waals surface area (Å²) in [7, 11) is 0. The Hall–Kier alpha value is -7.21. The first kappa shape index (κ1) is 32.2. The van der Waals surface area contributed by atoms with Gasteiger partial charge in [-0.2, -0.15) is 5.10 Å². The van der Waals surface area contributed by atoms with Gasteiger partial charge in [0.2, 0.25) is 0 Å². The number of benzene rings is 7. The first-order chi connectivity index (χ1) is 27.8.